The number of aromatic nitrogens is 2. The number of nitrogen functional groups attached to an aromatic ring is 1. The summed E-state index contributed by atoms with van der Waals surface area (Å²) in [5, 5.41) is 2.96. The number of aromatic amines is 1. The lowest BCUT2D eigenvalue weighted by Crippen LogP contribution is -2.11. The molecule has 240 valence electrons. The number of benzene rings is 5. The number of hydrogen-bond donors (Lipinski definition) is 3. The first-order valence-electron chi connectivity index (χ1n) is 15.8. The van der Waals surface area contributed by atoms with E-state index >= 15 is 0 Å². The summed E-state index contributed by atoms with van der Waals surface area (Å²) in [5.74, 6) is 0.604. The number of fused-ring (bicyclic) bond motifs is 1. The molecule has 1 heterocycles. The molecule has 0 unspecified atom stereocenters. The maximum absolute atomic E-state index is 12.7. The van der Waals surface area contributed by atoms with Crippen LogP contribution in [0, 0.1) is 0 Å². The Morgan fingerprint density at radius 3 is 2.04 bits per heavy atom. The van der Waals surface area contributed by atoms with Gasteiger partial charge in [0.2, 0.25) is 0 Å². The van der Waals surface area contributed by atoms with Crippen molar-refractivity contribution in [2.75, 3.05) is 11.1 Å². The van der Waals surface area contributed by atoms with Gasteiger partial charge in [-0.3, -0.25) is 9.59 Å². The monoisotopic (exact) mass is 632 g/mol. The van der Waals surface area contributed by atoms with Crippen LogP contribution >= 0.6 is 0 Å². The third kappa shape index (κ3) is 9.14. The predicted octanol–water partition coefficient (Wildman–Crippen LogP) is 10.4. The summed E-state index contributed by atoms with van der Waals surface area (Å²) in [6, 6.07) is 38.3. The number of hydrogen-bond acceptors (Lipinski definition) is 4. The molecule has 6 rings (SSSR count). The number of imidazole rings is 1. The number of nitrogens with two attached hydrogens (primary N) is 1. The summed E-state index contributed by atoms with van der Waals surface area (Å²) in [5.41, 5.74) is 15.5. The normalized spacial score (nSPS) is 10.8. The molecule has 6 aromatic rings. The Balaban J connectivity index is 0.000000259. The zero-order valence-electron chi connectivity index (χ0n) is 27.5. The van der Waals surface area contributed by atoms with Gasteiger partial charge in [0.05, 0.1) is 11.0 Å². The molecule has 0 aliphatic rings. The zero-order chi connectivity index (χ0) is 34.3. The average molecular weight is 633 g/mol. The molecule has 0 saturated heterocycles. The highest BCUT2D eigenvalue weighted by molar-refractivity contribution is 6.05. The minimum Gasteiger partial charge on any atom is -0.399 e. The predicted molar refractivity (Wildman–Crippen MR) is 202 cm³/mol. The van der Waals surface area contributed by atoms with Crippen LogP contribution in [0.2, 0.25) is 0 Å². The molecule has 48 heavy (non-hydrogen) atoms. The molecular weight excluding hydrogens is 592 g/mol. The highest BCUT2D eigenvalue weighted by atomic mass is 16.1. The highest BCUT2D eigenvalue weighted by Gasteiger charge is 2.10. The van der Waals surface area contributed by atoms with Crippen LogP contribution in [0.15, 0.2) is 152 Å². The standard InChI is InChI=1S/C26H20N4O.C14H14O.C2H6/c27-21-12-10-19(11-13-21)25-29-23-15-14-22(16-24(23)30-25)28-26(31)20-8-6-18(7-9-20)17-4-2-1-3-5-17;1-3-5-13(6-4-2)14-9-7-12(11-15)8-10-14;1-2/h1-16H,27H2,(H,28,31)(H,29,30);3-11H,1H2,2H3;1-2H3/b;6-4-,13-5+;. The lowest BCUT2D eigenvalue weighted by atomic mass is 10.0. The number of aldehydes is 1. The molecule has 0 saturated carbocycles. The van der Waals surface area contributed by atoms with Crippen LogP contribution in [0.1, 0.15) is 47.1 Å². The van der Waals surface area contributed by atoms with Crippen LogP contribution in [0.4, 0.5) is 11.4 Å². The molecule has 0 atom stereocenters. The van der Waals surface area contributed by atoms with Gasteiger partial charge in [0.1, 0.15) is 12.1 Å². The number of carbonyl (C=O) groups is 2. The Morgan fingerprint density at radius 1 is 0.792 bits per heavy atom. The van der Waals surface area contributed by atoms with Gasteiger partial charge >= 0.3 is 0 Å². The van der Waals surface area contributed by atoms with Gasteiger partial charge in [-0.05, 0) is 83.8 Å². The number of carbonyl (C=O) groups excluding carboxylic acids is 2. The molecule has 1 amide bonds. The van der Waals surface area contributed by atoms with Gasteiger partial charge in [-0.25, -0.2) is 4.98 Å². The van der Waals surface area contributed by atoms with E-state index in [2.05, 4.69) is 21.9 Å². The number of rotatable bonds is 8. The zero-order valence-corrected chi connectivity index (χ0v) is 27.5. The number of allylic oxidation sites excluding steroid dienone is 5. The molecule has 5 aromatic carbocycles. The molecule has 4 N–H and O–H groups in total. The van der Waals surface area contributed by atoms with E-state index in [1.54, 1.807) is 6.08 Å². The largest absolute Gasteiger partial charge is 0.399 e. The van der Waals surface area contributed by atoms with E-state index in [-0.39, 0.29) is 5.91 Å². The second-order valence-corrected chi connectivity index (χ2v) is 10.4. The van der Waals surface area contributed by atoms with Gasteiger partial charge in [0.25, 0.3) is 5.91 Å². The first kappa shape index (κ1) is 34.6. The Morgan fingerprint density at radius 2 is 1.42 bits per heavy atom. The van der Waals surface area contributed by atoms with E-state index in [1.165, 1.54) is 0 Å². The van der Waals surface area contributed by atoms with E-state index < -0.39 is 0 Å². The van der Waals surface area contributed by atoms with Gasteiger partial charge < -0.3 is 16.0 Å². The van der Waals surface area contributed by atoms with Gasteiger partial charge in [0.15, 0.2) is 0 Å². The summed E-state index contributed by atoms with van der Waals surface area (Å²) in [6.07, 6.45) is 8.52. The SMILES string of the molecule is C=C/C=C(\C=C/C)c1ccc(C=O)cc1.CC.Nc1ccc(-c2nc3ccc(NC(=O)c4ccc(-c5ccccc5)cc4)cc3[nH]2)cc1. The molecule has 1 aromatic heterocycles. The van der Waals surface area contributed by atoms with E-state index in [4.69, 9.17) is 5.73 Å². The Hall–Kier alpha value is -6.27. The minimum absolute atomic E-state index is 0.155. The fourth-order valence-corrected chi connectivity index (χ4v) is 4.82. The van der Waals surface area contributed by atoms with Crippen molar-refractivity contribution in [2.24, 2.45) is 0 Å². The number of nitrogens with one attached hydrogen (secondary N) is 2. The fraction of sp³-hybridized carbons (Fsp3) is 0.0714. The van der Waals surface area contributed by atoms with Crippen molar-refractivity contribution < 1.29 is 9.59 Å². The number of H-pyrrole nitrogens is 1. The second kappa shape index (κ2) is 17.4. The lowest BCUT2D eigenvalue weighted by Gasteiger charge is -2.07. The molecule has 6 heteroatoms. The summed E-state index contributed by atoms with van der Waals surface area (Å²) in [7, 11) is 0. The number of anilines is 2. The fourth-order valence-electron chi connectivity index (χ4n) is 4.82. The number of amides is 1. The Kier molecular flexibility index (Phi) is 12.6. The molecule has 6 nitrogen and oxygen atoms in total. The molecule has 0 spiro atoms. The smallest absolute Gasteiger partial charge is 0.255 e. The Bertz CT molecular complexity index is 2000. The molecule has 0 aliphatic heterocycles. The molecule has 0 bridgehead atoms. The summed E-state index contributed by atoms with van der Waals surface area (Å²) < 4.78 is 0. The summed E-state index contributed by atoms with van der Waals surface area (Å²) in [4.78, 5) is 31.1. The maximum atomic E-state index is 12.7. The van der Waals surface area contributed by atoms with E-state index in [1.807, 2.05) is 160 Å². The van der Waals surface area contributed by atoms with Gasteiger partial charge in [-0.15, -0.1) is 0 Å². The van der Waals surface area contributed by atoms with Crippen molar-refractivity contribution in [1.82, 2.24) is 9.97 Å². The third-order valence-electron chi connectivity index (χ3n) is 7.20. The van der Waals surface area contributed by atoms with E-state index in [9.17, 15) is 9.59 Å². The molecule has 0 aliphatic carbocycles. The quantitative estimate of drug-likeness (QED) is 0.0883. The number of nitrogens with zero attached hydrogens (tertiary/aromatic N) is 1. The molecule has 0 fully saturated rings. The first-order chi connectivity index (χ1) is 23.5. The van der Waals surface area contributed by atoms with Crippen LogP contribution in [-0.4, -0.2) is 22.2 Å². The van der Waals surface area contributed by atoms with Crippen LogP contribution in [-0.2, 0) is 0 Å². The minimum atomic E-state index is -0.155. The third-order valence-corrected chi connectivity index (χ3v) is 7.20. The maximum Gasteiger partial charge on any atom is 0.255 e. The molecule has 0 radical (unpaired) electrons. The summed E-state index contributed by atoms with van der Waals surface area (Å²) in [6.45, 7) is 9.64. The van der Waals surface area contributed by atoms with Crippen LogP contribution in [0.5, 0.6) is 0 Å². The van der Waals surface area contributed by atoms with Crippen molar-refractivity contribution >= 4 is 40.2 Å². The topological polar surface area (TPSA) is 101 Å². The lowest BCUT2D eigenvalue weighted by molar-refractivity contribution is 0.102. The van der Waals surface area contributed by atoms with E-state index in [0.29, 0.717) is 22.5 Å². The molecular formula is C42H40N4O2. The Labute approximate surface area is 282 Å². The van der Waals surface area contributed by atoms with Gasteiger partial charge in [-0.2, -0.15) is 0 Å². The van der Waals surface area contributed by atoms with Crippen LogP contribution in [0.3, 0.4) is 0 Å². The van der Waals surface area contributed by atoms with Crippen LogP contribution < -0.4 is 11.1 Å². The average Bonchev–Trinajstić information content (AvgIpc) is 3.57. The highest BCUT2D eigenvalue weighted by Crippen LogP contribution is 2.25. The van der Waals surface area contributed by atoms with Gasteiger partial charge in [0, 0.05) is 28.1 Å². The van der Waals surface area contributed by atoms with Crippen molar-refractivity contribution in [2.45, 2.75) is 20.8 Å². The van der Waals surface area contributed by atoms with Crippen molar-refractivity contribution in [1.29, 1.82) is 0 Å². The van der Waals surface area contributed by atoms with E-state index in [0.717, 1.165) is 51.0 Å². The van der Waals surface area contributed by atoms with Crippen LogP contribution in [0.25, 0.3) is 39.1 Å². The second-order valence-electron chi connectivity index (χ2n) is 10.4. The summed E-state index contributed by atoms with van der Waals surface area (Å²) >= 11 is 0. The van der Waals surface area contributed by atoms with Crippen molar-refractivity contribution in [3.8, 4) is 22.5 Å². The first-order valence-corrected chi connectivity index (χ1v) is 15.8. The van der Waals surface area contributed by atoms with Gasteiger partial charge in [-0.1, -0.05) is 111 Å². The van der Waals surface area contributed by atoms with Crippen molar-refractivity contribution in [3.63, 3.8) is 0 Å². The van der Waals surface area contributed by atoms with Crippen molar-refractivity contribution in [3.05, 3.63) is 169 Å².